The molecule has 1 aromatic heterocycles. The minimum Gasteiger partial charge on any atom is -0.309 e. The van der Waals surface area contributed by atoms with Crippen LogP contribution in [0.25, 0.3) is 38.6 Å². The summed E-state index contributed by atoms with van der Waals surface area (Å²) in [5.74, 6) is 0. The number of benzene rings is 6. The Morgan fingerprint density at radius 2 is 0.897 bits per heavy atom. The van der Waals surface area contributed by atoms with Gasteiger partial charge in [-0.15, -0.1) is 0 Å². The van der Waals surface area contributed by atoms with Crippen molar-refractivity contribution < 1.29 is 4.57 Å². The minimum absolute atomic E-state index is 0.838. The van der Waals surface area contributed by atoms with Gasteiger partial charge in [0.05, 0.1) is 11.0 Å². The predicted octanol–water partition coefficient (Wildman–Crippen LogP) is 8.09. The van der Waals surface area contributed by atoms with Crippen molar-refractivity contribution in [3.05, 3.63) is 158 Å². The zero-order valence-electron chi connectivity index (χ0n) is 21.3. The van der Waals surface area contributed by atoms with Crippen LogP contribution in [0.2, 0.25) is 0 Å². The van der Waals surface area contributed by atoms with E-state index >= 15 is 0 Å². The van der Waals surface area contributed by atoms with Crippen LogP contribution in [0.3, 0.4) is 0 Å². The van der Waals surface area contributed by atoms with Crippen molar-refractivity contribution in [1.82, 2.24) is 4.57 Å². The summed E-state index contributed by atoms with van der Waals surface area (Å²) < 4.78 is 17.0. The molecule has 0 aliphatic rings. The van der Waals surface area contributed by atoms with Gasteiger partial charge in [-0.2, -0.15) is 0 Å². The van der Waals surface area contributed by atoms with Crippen molar-refractivity contribution in [2.45, 2.75) is 0 Å². The SMILES string of the molecule is O=P(c1ccccc1)(c1ccccc1)c1ccc(-c2ccc3c(c2)c2ccccc2n3-c2ccccc2)cc1. The molecule has 1 heterocycles. The van der Waals surface area contributed by atoms with Gasteiger partial charge in [0.25, 0.3) is 0 Å². The molecule has 0 fully saturated rings. The molecule has 0 atom stereocenters. The monoisotopic (exact) mass is 519 g/mol. The van der Waals surface area contributed by atoms with E-state index in [1.807, 2.05) is 78.9 Å². The van der Waals surface area contributed by atoms with Gasteiger partial charge in [0.15, 0.2) is 7.14 Å². The predicted molar refractivity (Wildman–Crippen MR) is 166 cm³/mol. The van der Waals surface area contributed by atoms with Gasteiger partial charge in [0.2, 0.25) is 0 Å². The molecule has 0 aliphatic heterocycles. The third kappa shape index (κ3) is 3.93. The van der Waals surface area contributed by atoms with E-state index in [4.69, 9.17) is 0 Å². The molecule has 0 saturated carbocycles. The molecule has 39 heavy (non-hydrogen) atoms. The van der Waals surface area contributed by atoms with E-state index in [0.29, 0.717) is 0 Å². The highest BCUT2D eigenvalue weighted by molar-refractivity contribution is 7.85. The molecule has 7 rings (SSSR count). The molecule has 0 radical (unpaired) electrons. The molecule has 3 heteroatoms. The van der Waals surface area contributed by atoms with E-state index in [1.54, 1.807) is 0 Å². The Labute approximate surface area is 228 Å². The lowest BCUT2D eigenvalue weighted by atomic mass is 10.0. The number of aromatic nitrogens is 1. The van der Waals surface area contributed by atoms with Crippen LogP contribution in [0.15, 0.2) is 158 Å². The highest BCUT2D eigenvalue weighted by Crippen LogP contribution is 2.43. The van der Waals surface area contributed by atoms with Crippen LogP contribution in [0.5, 0.6) is 0 Å². The van der Waals surface area contributed by atoms with Gasteiger partial charge in [-0.25, -0.2) is 0 Å². The summed E-state index contributed by atoms with van der Waals surface area (Å²) in [5, 5.41) is 4.98. The normalized spacial score (nSPS) is 11.7. The summed E-state index contributed by atoms with van der Waals surface area (Å²) in [5.41, 5.74) is 5.76. The highest BCUT2D eigenvalue weighted by atomic mass is 31.2. The molecule has 0 amide bonds. The van der Waals surface area contributed by atoms with Gasteiger partial charge in [-0.1, -0.05) is 127 Å². The van der Waals surface area contributed by atoms with Crippen molar-refractivity contribution in [1.29, 1.82) is 0 Å². The standard InChI is InChI=1S/C36H26NOP/c38-39(30-14-6-2-7-15-30,31-16-8-3-9-17-31)32-23-20-27(21-24-32)28-22-25-36-34(26-28)33-18-10-11-19-35(33)37(36)29-12-4-1-5-13-29/h1-26H. The third-order valence-electron chi connectivity index (χ3n) is 7.49. The largest absolute Gasteiger partial charge is 0.309 e. The molecule has 0 bridgehead atoms. The van der Waals surface area contributed by atoms with Crippen LogP contribution in [-0.2, 0) is 4.57 Å². The van der Waals surface area contributed by atoms with E-state index in [-0.39, 0.29) is 0 Å². The van der Waals surface area contributed by atoms with Crippen LogP contribution in [0.1, 0.15) is 0 Å². The summed E-state index contributed by atoms with van der Waals surface area (Å²) in [6.45, 7) is 0. The first-order valence-electron chi connectivity index (χ1n) is 13.1. The second-order valence-corrected chi connectivity index (χ2v) is 12.5. The summed E-state index contributed by atoms with van der Waals surface area (Å²) in [6.07, 6.45) is 0. The summed E-state index contributed by atoms with van der Waals surface area (Å²) in [6, 6.07) is 53.7. The van der Waals surface area contributed by atoms with Gasteiger partial charge in [-0.05, 0) is 41.5 Å². The van der Waals surface area contributed by atoms with Crippen LogP contribution in [-0.4, -0.2) is 4.57 Å². The van der Waals surface area contributed by atoms with E-state index in [0.717, 1.165) is 32.7 Å². The lowest BCUT2D eigenvalue weighted by Crippen LogP contribution is -2.24. The topological polar surface area (TPSA) is 22.0 Å². The van der Waals surface area contributed by atoms with E-state index in [1.165, 1.54) is 21.8 Å². The van der Waals surface area contributed by atoms with Gasteiger partial charge in [0.1, 0.15) is 0 Å². The molecule has 2 nitrogen and oxygen atoms in total. The van der Waals surface area contributed by atoms with Gasteiger partial charge >= 0.3 is 0 Å². The highest BCUT2D eigenvalue weighted by Gasteiger charge is 2.29. The molecular weight excluding hydrogens is 493 g/mol. The molecule has 0 aliphatic carbocycles. The minimum atomic E-state index is -2.99. The molecule has 6 aromatic carbocycles. The van der Waals surface area contributed by atoms with E-state index < -0.39 is 7.14 Å². The maximum Gasteiger partial charge on any atom is 0.171 e. The average molecular weight is 520 g/mol. The molecule has 186 valence electrons. The van der Waals surface area contributed by atoms with E-state index in [9.17, 15) is 4.57 Å². The van der Waals surface area contributed by atoms with Crippen molar-refractivity contribution in [2.75, 3.05) is 0 Å². The Morgan fingerprint density at radius 3 is 1.54 bits per heavy atom. The van der Waals surface area contributed by atoms with Crippen molar-refractivity contribution in [3.63, 3.8) is 0 Å². The van der Waals surface area contributed by atoms with Gasteiger partial charge in [0, 0.05) is 32.4 Å². The first-order valence-corrected chi connectivity index (χ1v) is 14.8. The van der Waals surface area contributed by atoms with Crippen molar-refractivity contribution in [3.8, 4) is 16.8 Å². The maximum atomic E-state index is 14.7. The maximum absolute atomic E-state index is 14.7. The molecule has 0 spiro atoms. The fourth-order valence-electron chi connectivity index (χ4n) is 5.59. The number of fused-ring (bicyclic) bond motifs is 3. The summed E-state index contributed by atoms with van der Waals surface area (Å²) in [7, 11) is -2.99. The zero-order chi connectivity index (χ0) is 26.2. The number of hydrogen-bond acceptors (Lipinski definition) is 1. The van der Waals surface area contributed by atoms with Crippen LogP contribution in [0.4, 0.5) is 0 Å². The van der Waals surface area contributed by atoms with Gasteiger partial charge in [-0.3, -0.25) is 0 Å². The molecule has 0 N–H and O–H groups in total. The third-order valence-corrected chi connectivity index (χ3v) is 10.6. The lowest BCUT2D eigenvalue weighted by Gasteiger charge is -2.20. The first-order chi connectivity index (χ1) is 19.2. The zero-order valence-corrected chi connectivity index (χ0v) is 22.2. The van der Waals surface area contributed by atoms with Gasteiger partial charge < -0.3 is 9.13 Å². The Hall–Kier alpha value is -4.65. The molecule has 0 saturated heterocycles. The summed E-state index contributed by atoms with van der Waals surface area (Å²) in [4.78, 5) is 0. The summed E-state index contributed by atoms with van der Waals surface area (Å²) >= 11 is 0. The van der Waals surface area contributed by atoms with Crippen LogP contribution in [0, 0.1) is 0 Å². The van der Waals surface area contributed by atoms with Crippen LogP contribution >= 0.6 is 7.14 Å². The smallest absolute Gasteiger partial charge is 0.171 e. The first kappa shape index (κ1) is 23.5. The second-order valence-electron chi connectivity index (χ2n) is 9.75. The lowest BCUT2D eigenvalue weighted by molar-refractivity contribution is 0.592. The Balaban J connectivity index is 1.35. The second kappa shape index (κ2) is 9.58. The van der Waals surface area contributed by atoms with E-state index in [2.05, 4.69) is 83.4 Å². The quantitative estimate of drug-likeness (QED) is 0.211. The molecular formula is C36H26NOP. The fraction of sp³-hybridized carbons (Fsp3) is 0. The Kier molecular flexibility index (Phi) is 5.77. The van der Waals surface area contributed by atoms with Crippen molar-refractivity contribution >= 4 is 44.9 Å². The molecule has 0 unspecified atom stereocenters. The average Bonchev–Trinajstić information content (AvgIpc) is 3.36. The fourth-order valence-corrected chi connectivity index (χ4v) is 8.24. The number of nitrogens with zero attached hydrogens (tertiary/aromatic N) is 1. The van der Waals surface area contributed by atoms with Crippen LogP contribution < -0.4 is 15.9 Å². The van der Waals surface area contributed by atoms with Crippen molar-refractivity contribution in [2.24, 2.45) is 0 Å². The molecule has 7 aromatic rings. The number of para-hydroxylation sites is 2. The number of hydrogen-bond donors (Lipinski definition) is 0. The number of rotatable bonds is 5. The Morgan fingerprint density at radius 1 is 0.410 bits per heavy atom. The Bertz CT molecular complexity index is 1920.